The molecule has 0 spiro atoms. The van der Waals surface area contributed by atoms with E-state index in [1.165, 1.54) is 0 Å². The van der Waals surface area contributed by atoms with Gasteiger partial charge in [-0.1, -0.05) is 6.07 Å². The number of hydrogen-bond donors (Lipinski definition) is 4. The van der Waals surface area contributed by atoms with Gasteiger partial charge in [0.2, 0.25) is 5.43 Å². The minimum Gasteiger partial charge on any atom is -0.503 e. The molecule has 98 valence electrons. The van der Waals surface area contributed by atoms with Crippen LogP contribution in [0.1, 0.15) is 16.2 Å². The Morgan fingerprint density at radius 3 is 2.68 bits per heavy atom. The van der Waals surface area contributed by atoms with Crippen LogP contribution >= 0.6 is 0 Å². The number of carbonyl (C=O) groups excluding carboxylic acids is 1. The van der Waals surface area contributed by atoms with Gasteiger partial charge in [0.05, 0.1) is 0 Å². The van der Waals surface area contributed by atoms with Gasteiger partial charge in [0, 0.05) is 18.2 Å². The Balaban J connectivity index is 2.42. The SMILES string of the molecule is NNC(=O)c1cc(=O)c(O)c(C[n+]2ccccc2)[nH]1. The number of pyridine rings is 2. The van der Waals surface area contributed by atoms with Crippen LogP contribution in [0.3, 0.4) is 0 Å². The second kappa shape index (κ2) is 5.32. The maximum atomic E-state index is 11.6. The van der Waals surface area contributed by atoms with Crippen molar-refractivity contribution in [2.45, 2.75) is 6.54 Å². The molecule has 0 saturated carbocycles. The van der Waals surface area contributed by atoms with E-state index in [2.05, 4.69) is 4.98 Å². The number of nitrogen functional groups attached to an aromatic ring is 1. The maximum Gasteiger partial charge on any atom is 0.281 e. The molecule has 0 unspecified atom stereocenters. The van der Waals surface area contributed by atoms with Gasteiger partial charge in [0.1, 0.15) is 11.4 Å². The minimum atomic E-state index is -0.635. The molecule has 1 amide bonds. The molecular weight excluding hydrogens is 248 g/mol. The smallest absolute Gasteiger partial charge is 0.281 e. The topological polar surface area (TPSA) is 112 Å². The van der Waals surface area contributed by atoms with Crippen LogP contribution < -0.4 is 21.3 Å². The molecule has 0 aromatic carbocycles. The highest BCUT2D eigenvalue weighted by Gasteiger charge is 2.15. The molecule has 0 fully saturated rings. The quantitative estimate of drug-likeness (QED) is 0.246. The fourth-order valence-electron chi connectivity index (χ4n) is 1.64. The summed E-state index contributed by atoms with van der Waals surface area (Å²) in [5.41, 5.74) is 1.52. The molecule has 0 aliphatic heterocycles. The zero-order valence-electron chi connectivity index (χ0n) is 9.96. The van der Waals surface area contributed by atoms with E-state index < -0.39 is 17.1 Å². The van der Waals surface area contributed by atoms with Crippen LogP contribution in [0.4, 0.5) is 0 Å². The van der Waals surface area contributed by atoms with E-state index in [1.54, 1.807) is 17.0 Å². The predicted octanol–water partition coefficient (Wildman–Crippen LogP) is -0.980. The van der Waals surface area contributed by atoms with Crippen LogP contribution in [-0.4, -0.2) is 16.0 Å². The zero-order chi connectivity index (χ0) is 13.8. The normalized spacial score (nSPS) is 10.2. The summed E-state index contributed by atoms with van der Waals surface area (Å²) in [5, 5.41) is 9.72. The molecule has 0 atom stereocenters. The summed E-state index contributed by atoms with van der Waals surface area (Å²) in [5.74, 6) is 3.97. The highest BCUT2D eigenvalue weighted by Crippen LogP contribution is 2.08. The van der Waals surface area contributed by atoms with Gasteiger partial charge in [-0.2, -0.15) is 4.57 Å². The van der Waals surface area contributed by atoms with Gasteiger partial charge in [-0.3, -0.25) is 15.0 Å². The second-order valence-corrected chi connectivity index (χ2v) is 3.90. The molecular formula is C12H13N4O3+. The Kier molecular flexibility index (Phi) is 3.58. The lowest BCUT2D eigenvalue weighted by atomic mass is 10.2. The Morgan fingerprint density at radius 1 is 1.37 bits per heavy atom. The number of amides is 1. The van der Waals surface area contributed by atoms with E-state index in [0.717, 1.165) is 6.07 Å². The van der Waals surface area contributed by atoms with Crippen LogP contribution in [0.25, 0.3) is 0 Å². The van der Waals surface area contributed by atoms with Gasteiger partial charge in [0.15, 0.2) is 24.7 Å². The van der Waals surface area contributed by atoms with E-state index in [9.17, 15) is 14.7 Å². The number of hydrazine groups is 1. The van der Waals surface area contributed by atoms with Crippen LogP contribution in [0, 0.1) is 0 Å². The lowest BCUT2D eigenvalue weighted by molar-refractivity contribution is -0.688. The summed E-state index contributed by atoms with van der Waals surface area (Å²) >= 11 is 0. The standard InChI is InChI=1S/C12H12N4O3/c13-15-12(19)8-6-10(17)11(18)9(14-8)7-16-4-2-1-3-5-16/h1-6H,7H2,(H4-,13,14,15,17,18,19)/p+1. The second-order valence-electron chi connectivity index (χ2n) is 3.90. The van der Waals surface area contributed by atoms with Gasteiger partial charge in [-0.15, -0.1) is 0 Å². The van der Waals surface area contributed by atoms with Crippen LogP contribution in [0.5, 0.6) is 5.75 Å². The average Bonchev–Trinajstić information content (AvgIpc) is 2.44. The molecule has 2 aromatic rings. The molecule has 5 N–H and O–H groups in total. The van der Waals surface area contributed by atoms with Crippen molar-refractivity contribution in [3.8, 4) is 5.75 Å². The first-order valence-corrected chi connectivity index (χ1v) is 5.52. The summed E-state index contributed by atoms with van der Waals surface area (Å²) in [7, 11) is 0. The van der Waals surface area contributed by atoms with E-state index >= 15 is 0 Å². The van der Waals surface area contributed by atoms with Gasteiger partial charge in [-0.25, -0.2) is 5.84 Å². The molecule has 7 heteroatoms. The summed E-state index contributed by atoms with van der Waals surface area (Å²) in [6.45, 7) is 0.230. The molecule has 19 heavy (non-hydrogen) atoms. The highest BCUT2D eigenvalue weighted by atomic mass is 16.3. The molecule has 0 saturated heterocycles. The van der Waals surface area contributed by atoms with E-state index in [1.807, 2.05) is 23.6 Å². The third-order valence-corrected chi connectivity index (χ3v) is 2.57. The van der Waals surface area contributed by atoms with Gasteiger partial charge in [-0.05, 0) is 0 Å². The first-order chi connectivity index (χ1) is 9.11. The summed E-state index contributed by atoms with van der Waals surface area (Å²) in [6.07, 6.45) is 3.54. The first-order valence-electron chi connectivity index (χ1n) is 5.52. The summed E-state index contributed by atoms with van der Waals surface area (Å²) < 4.78 is 1.75. The van der Waals surface area contributed by atoms with Crippen molar-refractivity contribution in [3.05, 3.63) is 58.3 Å². The Bertz CT molecular complexity index is 652. The summed E-state index contributed by atoms with van der Waals surface area (Å²) in [6, 6.07) is 6.46. The van der Waals surface area contributed by atoms with Gasteiger partial charge in [0.25, 0.3) is 5.91 Å². The van der Waals surface area contributed by atoms with E-state index in [-0.39, 0.29) is 17.9 Å². The Hall–Kier alpha value is -2.67. The molecule has 7 nitrogen and oxygen atoms in total. The van der Waals surface area contributed by atoms with Crippen LogP contribution in [0.15, 0.2) is 41.5 Å². The van der Waals surface area contributed by atoms with Crippen molar-refractivity contribution in [2.24, 2.45) is 5.84 Å². The number of H-pyrrole nitrogens is 1. The number of rotatable bonds is 3. The Morgan fingerprint density at radius 2 is 2.05 bits per heavy atom. The largest absolute Gasteiger partial charge is 0.503 e. The number of aromatic nitrogens is 2. The zero-order valence-corrected chi connectivity index (χ0v) is 9.96. The molecule has 0 radical (unpaired) electrons. The first kappa shape index (κ1) is 12.8. The maximum absolute atomic E-state index is 11.6. The van der Waals surface area contributed by atoms with Crippen molar-refractivity contribution in [3.63, 3.8) is 0 Å². The molecule has 0 aliphatic rings. The third kappa shape index (κ3) is 2.78. The van der Waals surface area contributed by atoms with Crippen molar-refractivity contribution in [1.82, 2.24) is 10.4 Å². The van der Waals surface area contributed by atoms with Crippen molar-refractivity contribution in [1.29, 1.82) is 0 Å². The predicted molar refractivity (Wildman–Crippen MR) is 66.1 cm³/mol. The number of hydrogen-bond acceptors (Lipinski definition) is 4. The van der Waals surface area contributed by atoms with Gasteiger partial charge < -0.3 is 10.1 Å². The molecule has 2 heterocycles. The van der Waals surface area contributed by atoms with E-state index in [4.69, 9.17) is 5.84 Å². The lowest BCUT2D eigenvalue weighted by Gasteiger charge is -2.05. The molecule has 2 aromatic heterocycles. The fraction of sp³-hybridized carbons (Fsp3) is 0.0833. The van der Waals surface area contributed by atoms with Crippen molar-refractivity contribution >= 4 is 5.91 Å². The number of nitrogens with one attached hydrogen (secondary N) is 2. The Labute approximate surface area is 108 Å². The van der Waals surface area contributed by atoms with E-state index in [0.29, 0.717) is 0 Å². The van der Waals surface area contributed by atoms with Gasteiger partial charge >= 0.3 is 0 Å². The number of carbonyl (C=O) groups is 1. The highest BCUT2D eigenvalue weighted by molar-refractivity contribution is 5.91. The van der Waals surface area contributed by atoms with Crippen molar-refractivity contribution < 1.29 is 14.5 Å². The molecule has 0 bridgehead atoms. The minimum absolute atomic E-state index is 0.00293. The fourth-order valence-corrected chi connectivity index (χ4v) is 1.64. The van der Waals surface area contributed by atoms with Crippen molar-refractivity contribution in [2.75, 3.05) is 0 Å². The monoisotopic (exact) mass is 261 g/mol. The number of nitrogens with two attached hydrogens (primary N) is 1. The number of aromatic amines is 1. The molecule has 0 aliphatic carbocycles. The average molecular weight is 261 g/mol. The van der Waals surface area contributed by atoms with Crippen LogP contribution in [0.2, 0.25) is 0 Å². The van der Waals surface area contributed by atoms with Crippen LogP contribution in [-0.2, 0) is 6.54 Å². The third-order valence-electron chi connectivity index (χ3n) is 2.57. The number of aromatic hydroxyl groups is 1. The summed E-state index contributed by atoms with van der Waals surface area (Å²) in [4.78, 5) is 25.6. The number of nitrogens with zero attached hydrogens (tertiary/aromatic N) is 1. The lowest BCUT2D eigenvalue weighted by Crippen LogP contribution is -2.35. The molecule has 2 rings (SSSR count).